The van der Waals surface area contributed by atoms with Crippen molar-refractivity contribution in [3.05, 3.63) is 0 Å². The maximum atomic E-state index is 11.3. The lowest BCUT2D eigenvalue weighted by atomic mass is 9.86. The number of cyclic esters (lactones) is 1. The quantitative estimate of drug-likeness (QED) is 0.630. The van der Waals surface area contributed by atoms with Gasteiger partial charge in [0.05, 0.1) is 12.0 Å². The van der Waals surface area contributed by atoms with Crippen LogP contribution >= 0.6 is 0 Å². The Morgan fingerprint density at radius 3 is 2.46 bits per heavy atom. The molecular weight excluding hydrogens is 164 g/mol. The number of carbonyl (C=O) groups excluding carboxylic acids is 1. The zero-order valence-electron chi connectivity index (χ0n) is 9.04. The Morgan fingerprint density at radius 2 is 2.08 bits per heavy atom. The Kier molecular flexibility index (Phi) is 3.34. The molecule has 1 rings (SSSR count). The summed E-state index contributed by atoms with van der Waals surface area (Å²) in [7, 11) is 0. The molecule has 3 atom stereocenters. The molecule has 0 radical (unpaired) electrons. The topological polar surface area (TPSA) is 26.3 Å². The molecule has 3 unspecified atom stereocenters. The van der Waals surface area contributed by atoms with Crippen molar-refractivity contribution in [2.75, 3.05) is 0 Å². The fourth-order valence-electron chi connectivity index (χ4n) is 1.75. The standard InChI is InChI=1S/C11H20O2/c1-7(2)8(3)5-10-6-9(4)13-11(10)12/h7-10H,5-6H2,1-4H3. The molecule has 1 fully saturated rings. The highest BCUT2D eigenvalue weighted by Crippen LogP contribution is 2.29. The molecule has 0 N–H and O–H groups in total. The molecule has 0 aromatic rings. The van der Waals surface area contributed by atoms with Gasteiger partial charge in [-0.15, -0.1) is 0 Å². The van der Waals surface area contributed by atoms with Gasteiger partial charge in [0.2, 0.25) is 0 Å². The Bertz CT molecular complexity index is 187. The van der Waals surface area contributed by atoms with Gasteiger partial charge < -0.3 is 4.74 Å². The Labute approximate surface area is 80.7 Å². The minimum Gasteiger partial charge on any atom is -0.462 e. The lowest BCUT2D eigenvalue weighted by Gasteiger charge is -2.17. The van der Waals surface area contributed by atoms with Crippen LogP contribution < -0.4 is 0 Å². The van der Waals surface area contributed by atoms with E-state index in [9.17, 15) is 4.79 Å². The molecule has 0 aromatic heterocycles. The molecule has 1 heterocycles. The molecule has 1 aliphatic rings. The van der Waals surface area contributed by atoms with Gasteiger partial charge in [0.25, 0.3) is 0 Å². The number of esters is 1. The first-order chi connectivity index (χ1) is 6.00. The van der Waals surface area contributed by atoms with Crippen molar-refractivity contribution in [1.29, 1.82) is 0 Å². The zero-order valence-corrected chi connectivity index (χ0v) is 9.04. The summed E-state index contributed by atoms with van der Waals surface area (Å²) in [4.78, 5) is 11.3. The van der Waals surface area contributed by atoms with Gasteiger partial charge in [-0.1, -0.05) is 20.8 Å². The molecule has 0 saturated carbocycles. The summed E-state index contributed by atoms with van der Waals surface area (Å²) in [5, 5.41) is 0. The van der Waals surface area contributed by atoms with E-state index in [1.165, 1.54) is 0 Å². The number of rotatable bonds is 3. The van der Waals surface area contributed by atoms with Crippen molar-refractivity contribution >= 4 is 5.97 Å². The number of ether oxygens (including phenoxy) is 1. The predicted octanol–water partition coefficient (Wildman–Crippen LogP) is 2.62. The van der Waals surface area contributed by atoms with Crippen molar-refractivity contribution in [1.82, 2.24) is 0 Å². The summed E-state index contributed by atoms with van der Waals surface area (Å²) in [6, 6.07) is 0. The van der Waals surface area contributed by atoms with E-state index in [1.54, 1.807) is 0 Å². The largest absolute Gasteiger partial charge is 0.462 e. The maximum absolute atomic E-state index is 11.3. The third-order valence-electron chi connectivity index (χ3n) is 3.06. The third kappa shape index (κ3) is 2.71. The van der Waals surface area contributed by atoms with Gasteiger partial charge in [-0.05, 0) is 31.6 Å². The molecule has 1 saturated heterocycles. The molecule has 2 nitrogen and oxygen atoms in total. The second-order valence-electron chi connectivity index (χ2n) is 4.64. The van der Waals surface area contributed by atoms with Gasteiger partial charge in [-0.3, -0.25) is 4.79 Å². The van der Waals surface area contributed by atoms with Crippen LogP contribution in [0, 0.1) is 17.8 Å². The highest BCUT2D eigenvalue weighted by molar-refractivity contribution is 5.74. The van der Waals surface area contributed by atoms with E-state index >= 15 is 0 Å². The first-order valence-corrected chi connectivity index (χ1v) is 5.21. The fraction of sp³-hybridized carbons (Fsp3) is 0.909. The normalized spacial score (nSPS) is 30.7. The minimum absolute atomic E-state index is 0.0139. The van der Waals surface area contributed by atoms with Crippen LogP contribution in [-0.2, 0) is 9.53 Å². The van der Waals surface area contributed by atoms with Crippen molar-refractivity contribution < 1.29 is 9.53 Å². The summed E-state index contributed by atoms with van der Waals surface area (Å²) >= 11 is 0. The molecule has 2 heteroatoms. The van der Waals surface area contributed by atoms with E-state index in [4.69, 9.17) is 4.74 Å². The summed E-state index contributed by atoms with van der Waals surface area (Å²) in [5.41, 5.74) is 0. The Hall–Kier alpha value is -0.530. The molecule has 0 spiro atoms. The van der Waals surface area contributed by atoms with Gasteiger partial charge >= 0.3 is 5.97 Å². The average molecular weight is 184 g/mol. The monoisotopic (exact) mass is 184 g/mol. The minimum atomic E-state index is 0.0139. The predicted molar refractivity (Wildman–Crippen MR) is 52.3 cm³/mol. The first kappa shape index (κ1) is 10.6. The van der Waals surface area contributed by atoms with Crippen LogP contribution in [0.3, 0.4) is 0 Å². The Morgan fingerprint density at radius 1 is 1.46 bits per heavy atom. The SMILES string of the molecule is CC1CC(CC(C)C(C)C)C(=O)O1. The summed E-state index contributed by atoms with van der Waals surface area (Å²) in [6.07, 6.45) is 2.04. The number of hydrogen-bond donors (Lipinski definition) is 0. The first-order valence-electron chi connectivity index (χ1n) is 5.21. The third-order valence-corrected chi connectivity index (χ3v) is 3.06. The molecular formula is C11H20O2. The lowest BCUT2D eigenvalue weighted by Crippen LogP contribution is -2.14. The van der Waals surface area contributed by atoms with Crippen molar-refractivity contribution in [3.8, 4) is 0 Å². The van der Waals surface area contributed by atoms with Crippen LogP contribution in [0.25, 0.3) is 0 Å². The molecule has 0 amide bonds. The summed E-state index contributed by atoms with van der Waals surface area (Å²) in [5.74, 6) is 1.44. The van der Waals surface area contributed by atoms with E-state index in [-0.39, 0.29) is 18.0 Å². The van der Waals surface area contributed by atoms with E-state index < -0.39 is 0 Å². The molecule has 13 heavy (non-hydrogen) atoms. The molecule has 1 aliphatic heterocycles. The smallest absolute Gasteiger partial charge is 0.309 e. The number of carbonyl (C=O) groups is 1. The molecule has 0 bridgehead atoms. The van der Waals surface area contributed by atoms with Crippen LogP contribution in [0.1, 0.15) is 40.5 Å². The average Bonchev–Trinajstić information content (AvgIpc) is 2.30. The lowest BCUT2D eigenvalue weighted by molar-refractivity contribution is -0.144. The van der Waals surface area contributed by atoms with E-state index in [2.05, 4.69) is 20.8 Å². The van der Waals surface area contributed by atoms with E-state index in [0.717, 1.165) is 12.8 Å². The van der Waals surface area contributed by atoms with Crippen LogP contribution in [0.4, 0.5) is 0 Å². The second kappa shape index (κ2) is 4.12. The zero-order chi connectivity index (χ0) is 10.0. The van der Waals surface area contributed by atoms with Gasteiger partial charge in [-0.2, -0.15) is 0 Å². The Balaban J connectivity index is 2.41. The van der Waals surface area contributed by atoms with Crippen molar-refractivity contribution in [2.45, 2.75) is 46.6 Å². The van der Waals surface area contributed by atoms with Crippen LogP contribution in [0.5, 0.6) is 0 Å². The molecule has 0 aromatic carbocycles. The van der Waals surface area contributed by atoms with Gasteiger partial charge in [-0.25, -0.2) is 0 Å². The van der Waals surface area contributed by atoms with Crippen LogP contribution in [0.15, 0.2) is 0 Å². The van der Waals surface area contributed by atoms with Gasteiger partial charge in [0.1, 0.15) is 0 Å². The van der Waals surface area contributed by atoms with E-state index in [0.29, 0.717) is 11.8 Å². The van der Waals surface area contributed by atoms with Crippen molar-refractivity contribution in [3.63, 3.8) is 0 Å². The fourth-order valence-corrected chi connectivity index (χ4v) is 1.75. The van der Waals surface area contributed by atoms with E-state index in [1.807, 2.05) is 6.92 Å². The van der Waals surface area contributed by atoms with Crippen LogP contribution in [-0.4, -0.2) is 12.1 Å². The molecule has 76 valence electrons. The number of hydrogen-bond acceptors (Lipinski definition) is 2. The maximum Gasteiger partial charge on any atom is 0.309 e. The van der Waals surface area contributed by atoms with Gasteiger partial charge in [0.15, 0.2) is 0 Å². The highest BCUT2D eigenvalue weighted by atomic mass is 16.5. The highest BCUT2D eigenvalue weighted by Gasteiger charge is 2.32. The molecule has 0 aliphatic carbocycles. The van der Waals surface area contributed by atoms with Gasteiger partial charge in [0, 0.05) is 0 Å². The van der Waals surface area contributed by atoms with Crippen LogP contribution in [0.2, 0.25) is 0 Å². The van der Waals surface area contributed by atoms with Crippen molar-refractivity contribution in [2.24, 2.45) is 17.8 Å². The summed E-state index contributed by atoms with van der Waals surface area (Å²) in [6.45, 7) is 8.58. The summed E-state index contributed by atoms with van der Waals surface area (Å²) < 4.78 is 5.12. The second-order valence-corrected chi connectivity index (χ2v) is 4.64.